The average molecular weight is 297 g/mol. The predicted molar refractivity (Wildman–Crippen MR) is 84.9 cm³/mol. The van der Waals surface area contributed by atoms with Gasteiger partial charge in [-0.25, -0.2) is 0 Å². The van der Waals surface area contributed by atoms with E-state index in [9.17, 15) is 0 Å². The van der Waals surface area contributed by atoms with E-state index in [0.29, 0.717) is 17.5 Å². The van der Waals surface area contributed by atoms with E-state index in [4.69, 9.17) is 10.3 Å². The number of hydrogen-bond acceptors (Lipinski definition) is 5. The molecule has 1 heterocycles. The number of anilines is 1. The summed E-state index contributed by atoms with van der Waals surface area (Å²) >= 11 is 1.68. The molecule has 0 saturated carbocycles. The maximum atomic E-state index is 5.75. The monoisotopic (exact) mass is 297 g/mol. The van der Waals surface area contributed by atoms with Crippen molar-refractivity contribution in [2.24, 2.45) is 0 Å². The van der Waals surface area contributed by atoms with Crippen LogP contribution in [-0.4, -0.2) is 10.1 Å². The van der Waals surface area contributed by atoms with Crippen LogP contribution >= 0.6 is 11.8 Å². The van der Waals surface area contributed by atoms with Crippen molar-refractivity contribution in [3.63, 3.8) is 0 Å². The molecule has 3 rings (SSSR count). The number of benzene rings is 2. The molecule has 5 heteroatoms. The van der Waals surface area contributed by atoms with Crippen LogP contribution in [0.25, 0.3) is 11.5 Å². The number of aromatic nitrogens is 2. The van der Waals surface area contributed by atoms with E-state index in [1.165, 1.54) is 4.90 Å². The smallest absolute Gasteiger partial charge is 0.258 e. The highest BCUT2D eigenvalue weighted by Gasteiger charge is 2.11. The van der Waals surface area contributed by atoms with Gasteiger partial charge in [-0.05, 0) is 42.8 Å². The van der Waals surface area contributed by atoms with E-state index < -0.39 is 0 Å². The predicted octanol–water partition coefficient (Wildman–Crippen LogP) is 3.92. The molecule has 0 unspecified atom stereocenters. The average Bonchev–Trinajstić information content (AvgIpc) is 2.95. The van der Waals surface area contributed by atoms with E-state index in [1.54, 1.807) is 11.8 Å². The molecule has 0 atom stereocenters. The minimum atomic E-state index is 0.538. The molecular weight excluding hydrogens is 282 g/mol. The number of aryl methyl sites for hydroxylation is 1. The molecule has 0 spiro atoms. The molecule has 0 aliphatic carbocycles. The number of nitrogen functional groups attached to an aromatic ring is 1. The Morgan fingerprint density at radius 1 is 1.14 bits per heavy atom. The van der Waals surface area contributed by atoms with Crippen LogP contribution in [0.15, 0.2) is 57.9 Å². The minimum Gasteiger partial charge on any atom is -0.399 e. The van der Waals surface area contributed by atoms with Crippen molar-refractivity contribution in [3.05, 3.63) is 59.9 Å². The Morgan fingerprint density at radius 3 is 2.71 bits per heavy atom. The van der Waals surface area contributed by atoms with Crippen molar-refractivity contribution >= 4 is 17.4 Å². The molecule has 21 heavy (non-hydrogen) atoms. The van der Waals surface area contributed by atoms with Crippen molar-refractivity contribution in [2.75, 3.05) is 5.73 Å². The topological polar surface area (TPSA) is 64.9 Å². The molecule has 0 bridgehead atoms. The lowest BCUT2D eigenvalue weighted by molar-refractivity contribution is 0.425. The van der Waals surface area contributed by atoms with Crippen molar-refractivity contribution in [3.8, 4) is 11.5 Å². The molecule has 3 aromatic rings. The molecule has 0 saturated heterocycles. The SMILES string of the molecule is Cc1cc(N)ccc1-c1nc(CSc2ccccc2)no1. The molecule has 2 N–H and O–H groups in total. The van der Waals surface area contributed by atoms with Crippen molar-refractivity contribution in [2.45, 2.75) is 17.6 Å². The van der Waals surface area contributed by atoms with E-state index in [-0.39, 0.29) is 0 Å². The maximum Gasteiger partial charge on any atom is 0.258 e. The summed E-state index contributed by atoms with van der Waals surface area (Å²) in [6, 6.07) is 15.8. The molecule has 0 amide bonds. The zero-order valence-electron chi connectivity index (χ0n) is 11.6. The van der Waals surface area contributed by atoms with Crippen LogP contribution < -0.4 is 5.73 Å². The summed E-state index contributed by atoms with van der Waals surface area (Å²) < 4.78 is 5.34. The number of nitrogens with two attached hydrogens (primary N) is 1. The Hall–Kier alpha value is -2.27. The first-order valence-corrected chi connectivity index (χ1v) is 7.58. The number of hydrogen-bond donors (Lipinski definition) is 1. The Bertz CT molecular complexity index is 740. The third kappa shape index (κ3) is 3.25. The van der Waals surface area contributed by atoms with Crippen LogP contribution in [0.2, 0.25) is 0 Å². The standard InChI is InChI=1S/C16H15N3OS/c1-11-9-12(17)7-8-14(11)16-18-15(19-20-16)10-21-13-5-3-2-4-6-13/h2-9H,10,17H2,1H3. The Morgan fingerprint density at radius 2 is 1.95 bits per heavy atom. The van der Waals surface area contributed by atoms with Crippen LogP contribution in [-0.2, 0) is 5.75 Å². The summed E-state index contributed by atoms with van der Waals surface area (Å²) in [5.41, 5.74) is 8.44. The van der Waals surface area contributed by atoms with E-state index in [2.05, 4.69) is 22.3 Å². The zero-order chi connectivity index (χ0) is 14.7. The number of rotatable bonds is 4. The lowest BCUT2D eigenvalue weighted by atomic mass is 10.1. The summed E-state index contributed by atoms with van der Waals surface area (Å²) in [6.07, 6.45) is 0. The first-order valence-electron chi connectivity index (χ1n) is 6.59. The normalized spacial score (nSPS) is 10.7. The van der Waals surface area contributed by atoms with Crippen LogP contribution in [0.1, 0.15) is 11.4 Å². The van der Waals surface area contributed by atoms with Gasteiger partial charge in [0.05, 0.1) is 5.75 Å². The maximum absolute atomic E-state index is 5.75. The molecule has 2 aromatic carbocycles. The van der Waals surface area contributed by atoms with E-state index in [0.717, 1.165) is 16.8 Å². The lowest BCUT2D eigenvalue weighted by Gasteiger charge is -2.01. The van der Waals surface area contributed by atoms with Crippen molar-refractivity contribution in [1.82, 2.24) is 10.1 Å². The first kappa shape index (κ1) is 13.7. The second-order valence-corrected chi connectivity index (χ2v) is 5.74. The van der Waals surface area contributed by atoms with Crippen LogP contribution in [0.5, 0.6) is 0 Å². The number of nitrogens with zero attached hydrogens (tertiary/aromatic N) is 2. The van der Waals surface area contributed by atoms with Gasteiger partial charge in [0.25, 0.3) is 5.89 Å². The minimum absolute atomic E-state index is 0.538. The van der Waals surface area contributed by atoms with Gasteiger partial charge in [-0.15, -0.1) is 11.8 Å². The molecule has 0 aliphatic heterocycles. The zero-order valence-corrected chi connectivity index (χ0v) is 12.4. The molecule has 0 aliphatic rings. The summed E-state index contributed by atoms with van der Waals surface area (Å²) in [6.45, 7) is 1.98. The van der Waals surface area contributed by atoms with E-state index in [1.807, 2.05) is 43.3 Å². The van der Waals surface area contributed by atoms with Crippen LogP contribution in [0, 0.1) is 6.92 Å². The highest BCUT2D eigenvalue weighted by Crippen LogP contribution is 2.26. The van der Waals surface area contributed by atoms with Gasteiger partial charge in [-0.1, -0.05) is 23.4 Å². The molecule has 4 nitrogen and oxygen atoms in total. The second-order valence-electron chi connectivity index (χ2n) is 4.69. The van der Waals surface area contributed by atoms with Crippen molar-refractivity contribution < 1.29 is 4.52 Å². The van der Waals surface area contributed by atoms with Gasteiger partial charge >= 0.3 is 0 Å². The molecular formula is C16H15N3OS. The van der Waals surface area contributed by atoms with Gasteiger partial charge in [0.15, 0.2) is 5.82 Å². The van der Waals surface area contributed by atoms with Crippen LogP contribution in [0.3, 0.4) is 0 Å². The summed E-state index contributed by atoms with van der Waals surface area (Å²) in [4.78, 5) is 5.63. The molecule has 0 radical (unpaired) electrons. The fraction of sp³-hybridized carbons (Fsp3) is 0.125. The van der Waals surface area contributed by atoms with Gasteiger partial charge in [0, 0.05) is 16.1 Å². The third-order valence-electron chi connectivity index (χ3n) is 3.06. The summed E-state index contributed by atoms with van der Waals surface area (Å²) in [5, 5.41) is 4.03. The second kappa shape index (κ2) is 6.01. The van der Waals surface area contributed by atoms with Gasteiger partial charge in [-0.2, -0.15) is 4.98 Å². The Balaban J connectivity index is 1.74. The molecule has 0 fully saturated rings. The first-order chi connectivity index (χ1) is 10.2. The summed E-state index contributed by atoms with van der Waals surface area (Å²) in [7, 11) is 0. The fourth-order valence-electron chi connectivity index (χ4n) is 2.01. The lowest BCUT2D eigenvalue weighted by Crippen LogP contribution is -1.89. The Kier molecular flexibility index (Phi) is 3.92. The number of thioether (sulfide) groups is 1. The van der Waals surface area contributed by atoms with Crippen molar-refractivity contribution in [1.29, 1.82) is 0 Å². The summed E-state index contributed by atoms with van der Waals surface area (Å²) in [5.74, 6) is 1.91. The largest absolute Gasteiger partial charge is 0.399 e. The molecule has 1 aromatic heterocycles. The van der Waals surface area contributed by atoms with Gasteiger partial charge in [0.2, 0.25) is 0 Å². The van der Waals surface area contributed by atoms with E-state index >= 15 is 0 Å². The van der Waals surface area contributed by atoms with Gasteiger partial charge in [0.1, 0.15) is 0 Å². The molecule has 106 valence electrons. The third-order valence-corrected chi connectivity index (χ3v) is 4.07. The Labute approximate surface area is 127 Å². The van der Waals surface area contributed by atoms with Gasteiger partial charge in [-0.3, -0.25) is 0 Å². The quantitative estimate of drug-likeness (QED) is 0.584. The highest BCUT2D eigenvalue weighted by molar-refractivity contribution is 7.98. The van der Waals surface area contributed by atoms with Crippen LogP contribution in [0.4, 0.5) is 5.69 Å². The fourth-order valence-corrected chi connectivity index (χ4v) is 2.78. The highest BCUT2D eigenvalue weighted by atomic mass is 32.2. The van der Waals surface area contributed by atoms with Gasteiger partial charge < -0.3 is 10.3 Å².